The molecule has 8 nitrogen and oxygen atoms in total. The Morgan fingerprint density at radius 1 is 1.21 bits per heavy atom. The SMILES string of the molecule is COc1ccc(C[C@@H](C(=O)NO)N(N)/C=C(\[NH3+])CNSc2ccc(-c3ccccc3)s2)cc1. The minimum Gasteiger partial charge on any atom is -0.497 e. The van der Waals surface area contributed by atoms with Crippen LogP contribution in [0.25, 0.3) is 10.4 Å². The highest BCUT2D eigenvalue weighted by atomic mass is 32.2. The van der Waals surface area contributed by atoms with Crippen molar-refractivity contribution in [3.63, 3.8) is 0 Å². The first-order valence-electron chi connectivity index (χ1n) is 10.2. The third-order valence-corrected chi connectivity index (χ3v) is 6.86. The number of methoxy groups -OCH3 is 1. The minimum atomic E-state index is -0.807. The summed E-state index contributed by atoms with van der Waals surface area (Å²) in [5.41, 5.74) is 8.46. The van der Waals surface area contributed by atoms with Gasteiger partial charge in [-0.25, -0.2) is 16.0 Å². The first-order valence-corrected chi connectivity index (χ1v) is 11.8. The fourth-order valence-electron chi connectivity index (χ4n) is 3.07. The molecule has 0 saturated heterocycles. The Balaban J connectivity index is 1.55. The van der Waals surface area contributed by atoms with Gasteiger partial charge in [0, 0.05) is 11.3 Å². The van der Waals surface area contributed by atoms with E-state index in [0.29, 0.717) is 18.7 Å². The monoisotopic (exact) mass is 486 g/mol. The highest BCUT2D eigenvalue weighted by Gasteiger charge is 2.23. The van der Waals surface area contributed by atoms with Crippen LogP contribution in [0.15, 0.2) is 82.8 Å². The molecular weight excluding hydrogens is 458 g/mol. The van der Waals surface area contributed by atoms with Crippen molar-refractivity contribution in [2.24, 2.45) is 5.84 Å². The van der Waals surface area contributed by atoms with Crippen LogP contribution < -0.4 is 26.5 Å². The van der Waals surface area contributed by atoms with Gasteiger partial charge in [-0.2, -0.15) is 0 Å². The number of nitrogens with one attached hydrogen (secondary N) is 2. The second kappa shape index (κ2) is 12.4. The number of hydrogen-bond donors (Lipinski definition) is 5. The van der Waals surface area contributed by atoms with Crippen molar-refractivity contribution in [1.29, 1.82) is 0 Å². The molecule has 2 aromatic carbocycles. The van der Waals surface area contributed by atoms with Gasteiger partial charge in [0.2, 0.25) is 0 Å². The van der Waals surface area contributed by atoms with Gasteiger partial charge in [-0.1, -0.05) is 42.5 Å². The van der Waals surface area contributed by atoms with Gasteiger partial charge in [0.15, 0.2) is 0 Å². The third kappa shape index (κ3) is 7.32. The molecule has 1 atom stereocenters. The van der Waals surface area contributed by atoms with Gasteiger partial charge in [-0.3, -0.25) is 15.0 Å². The van der Waals surface area contributed by atoms with E-state index in [9.17, 15) is 4.79 Å². The van der Waals surface area contributed by atoms with E-state index in [1.807, 2.05) is 42.5 Å². The predicted molar refractivity (Wildman–Crippen MR) is 131 cm³/mol. The third-order valence-electron chi connectivity index (χ3n) is 4.80. The number of hydrazine groups is 1. The number of hydrogen-bond acceptors (Lipinski definition) is 8. The molecule has 1 aromatic heterocycles. The van der Waals surface area contributed by atoms with E-state index < -0.39 is 11.9 Å². The van der Waals surface area contributed by atoms with Crippen LogP contribution in [-0.2, 0) is 11.2 Å². The topological polar surface area (TPSA) is 127 Å². The van der Waals surface area contributed by atoms with Gasteiger partial charge in [0.05, 0.1) is 24.1 Å². The second-order valence-corrected chi connectivity index (χ2v) is 9.46. The number of ether oxygens (including phenoxy) is 1. The van der Waals surface area contributed by atoms with Crippen molar-refractivity contribution in [3.05, 3.63) is 84.2 Å². The highest BCUT2D eigenvalue weighted by Crippen LogP contribution is 2.32. The molecule has 0 saturated carbocycles. The number of amides is 1. The summed E-state index contributed by atoms with van der Waals surface area (Å²) < 4.78 is 9.55. The van der Waals surface area contributed by atoms with E-state index in [4.69, 9.17) is 15.8 Å². The zero-order valence-electron chi connectivity index (χ0n) is 18.2. The Hall–Kier alpha value is -2.86. The number of nitrogens with two attached hydrogens (primary N) is 1. The molecule has 0 spiro atoms. The summed E-state index contributed by atoms with van der Waals surface area (Å²) in [6.45, 7) is 0.465. The zero-order chi connectivity index (χ0) is 23.6. The molecular formula is C23H28N5O3S2+. The number of nitrogens with zero attached hydrogens (tertiary/aromatic N) is 1. The fourth-order valence-corrected chi connectivity index (χ4v) is 4.96. The van der Waals surface area contributed by atoms with Crippen molar-refractivity contribution >= 4 is 29.2 Å². The summed E-state index contributed by atoms with van der Waals surface area (Å²) in [5, 5.41) is 10.4. The smallest absolute Gasteiger partial charge is 0.267 e. The van der Waals surface area contributed by atoms with Crippen LogP contribution in [-0.4, -0.2) is 35.8 Å². The molecule has 0 fully saturated rings. The van der Waals surface area contributed by atoms with Crippen LogP contribution in [0, 0.1) is 0 Å². The summed E-state index contributed by atoms with van der Waals surface area (Å²) in [4.78, 5) is 13.4. The molecule has 1 amide bonds. The van der Waals surface area contributed by atoms with Crippen molar-refractivity contribution < 1.29 is 20.5 Å². The highest BCUT2D eigenvalue weighted by molar-refractivity contribution is 7.99. The van der Waals surface area contributed by atoms with Crippen molar-refractivity contribution in [2.45, 2.75) is 16.7 Å². The minimum absolute atomic E-state index is 0.302. The average molecular weight is 487 g/mol. The Labute approximate surface area is 201 Å². The van der Waals surface area contributed by atoms with Crippen LogP contribution in [0.4, 0.5) is 0 Å². The molecule has 8 N–H and O–H groups in total. The van der Waals surface area contributed by atoms with E-state index in [1.165, 1.54) is 27.4 Å². The van der Waals surface area contributed by atoms with E-state index in [-0.39, 0.29) is 0 Å². The van der Waals surface area contributed by atoms with Crippen molar-refractivity contribution in [2.75, 3.05) is 13.7 Å². The Bertz CT molecular complexity index is 1060. The first kappa shape index (κ1) is 24.8. The van der Waals surface area contributed by atoms with E-state index in [1.54, 1.807) is 30.1 Å². The van der Waals surface area contributed by atoms with Gasteiger partial charge < -0.3 is 10.5 Å². The number of carbonyl (C=O) groups is 1. The largest absolute Gasteiger partial charge is 0.497 e. The average Bonchev–Trinajstić information content (AvgIpc) is 3.32. The van der Waals surface area contributed by atoms with Crippen LogP contribution in [0.1, 0.15) is 5.56 Å². The predicted octanol–water partition coefficient (Wildman–Crippen LogP) is 2.40. The summed E-state index contributed by atoms with van der Waals surface area (Å²) >= 11 is 3.22. The van der Waals surface area contributed by atoms with Gasteiger partial charge in [0.25, 0.3) is 5.91 Å². The van der Waals surface area contributed by atoms with Crippen LogP contribution in [0.3, 0.4) is 0 Å². The lowest BCUT2D eigenvalue weighted by atomic mass is 10.0. The maximum Gasteiger partial charge on any atom is 0.267 e. The van der Waals surface area contributed by atoms with E-state index in [2.05, 4.69) is 34.7 Å². The summed E-state index contributed by atoms with van der Waals surface area (Å²) in [6.07, 6.45) is 1.90. The van der Waals surface area contributed by atoms with Crippen LogP contribution in [0.2, 0.25) is 0 Å². The number of benzene rings is 2. The van der Waals surface area contributed by atoms with E-state index in [0.717, 1.165) is 15.5 Å². The number of hydroxylamine groups is 1. The first-order chi connectivity index (χ1) is 16.0. The molecule has 0 unspecified atom stereocenters. The Morgan fingerprint density at radius 3 is 2.61 bits per heavy atom. The molecule has 1 heterocycles. The van der Waals surface area contributed by atoms with Crippen molar-refractivity contribution in [3.8, 4) is 16.2 Å². The van der Waals surface area contributed by atoms with Gasteiger partial charge in [-0.15, -0.1) is 11.3 Å². The zero-order valence-corrected chi connectivity index (χ0v) is 19.9. The summed E-state index contributed by atoms with van der Waals surface area (Å²) in [5.74, 6) is 6.25. The fraction of sp³-hybridized carbons (Fsp3) is 0.174. The lowest BCUT2D eigenvalue weighted by molar-refractivity contribution is -0.305. The lowest BCUT2D eigenvalue weighted by Crippen LogP contribution is -2.54. The van der Waals surface area contributed by atoms with Crippen LogP contribution >= 0.6 is 23.3 Å². The standard InChI is InChI=1S/C23H27N5O3S2/c1-31-19-9-7-16(8-10-19)13-20(23(29)27-30)28(25)15-18(24)14-26-33-22-12-11-21(32-22)17-5-3-2-4-6-17/h2-12,15,20,26,30H,13-14,24-25H2,1H3,(H,27,29)/p+1/b18-15-/t20-/m0/s1. The number of thiophene rings is 1. The molecule has 0 aliphatic heterocycles. The molecule has 0 bridgehead atoms. The lowest BCUT2D eigenvalue weighted by Gasteiger charge is -2.24. The van der Waals surface area contributed by atoms with Gasteiger partial charge in [0.1, 0.15) is 17.5 Å². The molecule has 10 heteroatoms. The number of rotatable bonds is 11. The molecule has 3 rings (SSSR count). The van der Waals surface area contributed by atoms with Crippen LogP contribution in [0.5, 0.6) is 5.75 Å². The number of carbonyl (C=O) groups excluding carboxylic acids is 1. The summed E-state index contributed by atoms with van der Waals surface area (Å²) in [6, 6.07) is 20.9. The molecule has 0 aliphatic rings. The quantitative estimate of drug-likeness (QED) is 0.122. The maximum absolute atomic E-state index is 12.2. The van der Waals surface area contributed by atoms with Gasteiger partial charge >= 0.3 is 0 Å². The van der Waals surface area contributed by atoms with Crippen molar-refractivity contribution in [1.82, 2.24) is 15.2 Å². The Kier molecular flexibility index (Phi) is 9.31. The maximum atomic E-state index is 12.2. The normalized spacial score (nSPS) is 12.3. The summed E-state index contributed by atoms with van der Waals surface area (Å²) in [7, 11) is 1.59. The second-order valence-electron chi connectivity index (χ2n) is 7.19. The van der Waals surface area contributed by atoms with Gasteiger partial charge in [-0.05, 0) is 47.3 Å². The molecule has 0 aliphatic carbocycles. The molecule has 33 heavy (non-hydrogen) atoms. The number of quaternary nitrogens is 1. The molecule has 3 aromatic rings. The molecule has 0 radical (unpaired) electrons. The van der Waals surface area contributed by atoms with E-state index >= 15 is 0 Å². The molecule has 174 valence electrons. The Morgan fingerprint density at radius 2 is 1.94 bits per heavy atom.